The highest BCUT2D eigenvalue weighted by molar-refractivity contribution is 6.21. The maximum absolute atomic E-state index is 12.8. The maximum Gasteiger partial charge on any atom is 0.338 e. The molecule has 1 aliphatic heterocycles. The van der Waals surface area contributed by atoms with Crippen LogP contribution in [-0.2, 0) is 16.1 Å². The Kier molecular flexibility index (Phi) is 6.67. The number of ether oxygens (including phenoxy) is 1. The number of hydrogen-bond acceptors (Lipinski definition) is 6. The normalized spacial score (nSPS) is 13.6. The zero-order chi connectivity index (χ0) is 23.4. The Hall–Kier alpha value is -4.01. The summed E-state index contributed by atoms with van der Waals surface area (Å²) in [5, 5.41) is 4.57. The minimum atomic E-state index is -1.25. The van der Waals surface area contributed by atoms with Crippen LogP contribution in [0.5, 0.6) is 0 Å². The van der Waals surface area contributed by atoms with E-state index in [2.05, 4.69) is 10.6 Å². The summed E-state index contributed by atoms with van der Waals surface area (Å²) >= 11 is 0. The first kappa shape index (κ1) is 22.7. The summed E-state index contributed by atoms with van der Waals surface area (Å²) in [6.07, 6.45) is -1.25. The number of carbonyl (C=O) groups excluding carboxylic acids is 5. The largest absolute Gasteiger partial charge is 0.449 e. The molecule has 3 rings (SSSR count). The van der Waals surface area contributed by atoms with Gasteiger partial charge in [0.1, 0.15) is 0 Å². The number of rotatable bonds is 6. The third-order valence-electron chi connectivity index (χ3n) is 4.70. The van der Waals surface area contributed by atoms with Crippen LogP contribution in [0.25, 0.3) is 0 Å². The van der Waals surface area contributed by atoms with E-state index in [-0.39, 0.29) is 29.3 Å². The van der Waals surface area contributed by atoms with Crippen molar-refractivity contribution in [2.45, 2.75) is 39.5 Å². The third kappa shape index (κ3) is 5.00. The lowest BCUT2D eigenvalue weighted by molar-refractivity contribution is -0.127. The van der Waals surface area contributed by atoms with E-state index < -0.39 is 35.8 Å². The van der Waals surface area contributed by atoms with Crippen molar-refractivity contribution in [1.29, 1.82) is 0 Å². The SMILES string of the molecule is CC(C)NC(=O)NC(=O)C(C)OC(=O)c1ccc2c(c1)C(=O)N(Cc1ccccc1)C2=O. The average Bonchev–Trinajstić information content (AvgIpc) is 2.98. The highest BCUT2D eigenvalue weighted by Crippen LogP contribution is 2.26. The van der Waals surface area contributed by atoms with Gasteiger partial charge in [-0.1, -0.05) is 30.3 Å². The number of esters is 1. The molecule has 0 bridgehead atoms. The molecule has 9 nitrogen and oxygen atoms in total. The molecular formula is C23H23N3O6. The van der Waals surface area contributed by atoms with Crippen LogP contribution < -0.4 is 10.6 Å². The standard InChI is InChI=1S/C23H23N3O6/c1-13(2)24-23(31)25-19(27)14(3)32-22(30)16-9-10-17-18(11-16)21(29)26(20(17)28)12-15-7-5-4-6-8-15/h4-11,13-14H,12H2,1-3H3,(H2,24,25,27,31). The number of amides is 5. The van der Waals surface area contributed by atoms with Gasteiger partial charge in [-0.25, -0.2) is 9.59 Å². The predicted molar refractivity (Wildman–Crippen MR) is 114 cm³/mol. The fourth-order valence-electron chi connectivity index (χ4n) is 3.12. The zero-order valence-electron chi connectivity index (χ0n) is 17.9. The molecule has 1 heterocycles. The molecule has 2 aromatic carbocycles. The summed E-state index contributed by atoms with van der Waals surface area (Å²) in [4.78, 5) is 62.7. The molecule has 2 N–H and O–H groups in total. The monoisotopic (exact) mass is 437 g/mol. The number of benzene rings is 2. The molecule has 0 aromatic heterocycles. The maximum atomic E-state index is 12.8. The van der Waals surface area contributed by atoms with E-state index in [9.17, 15) is 24.0 Å². The van der Waals surface area contributed by atoms with E-state index in [0.717, 1.165) is 10.5 Å². The fraction of sp³-hybridized carbons (Fsp3) is 0.261. The highest BCUT2D eigenvalue weighted by Gasteiger charge is 2.36. The summed E-state index contributed by atoms with van der Waals surface area (Å²) in [6.45, 7) is 4.89. The lowest BCUT2D eigenvalue weighted by Crippen LogP contribution is -2.46. The Bertz CT molecular complexity index is 1080. The Labute approximate surface area is 184 Å². The van der Waals surface area contributed by atoms with Crippen LogP contribution in [0.1, 0.15) is 57.4 Å². The topological polar surface area (TPSA) is 122 Å². The third-order valence-corrected chi connectivity index (χ3v) is 4.70. The zero-order valence-corrected chi connectivity index (χ0v) is 17.9. The van der Waals surface area contributed by atoms with Gasteiger partial charge in [0.05, 0.1) is 23.2 Å². The van der Waals surface area contributed by atoms with Gasteiger partial charge >= 0.3 is 12.0 Å². The molecule has 1 unspecified atom stereocenters. The smallest absolute Gasteiger partial charge is 0.338 e. The van der Waals surface area contributed by atoms with Crippen LogP contribution in [0.3, 0.4) is 0 Å². The summed E-state index contributed by atoms with van der Waals surface area (Å²) < 4.78 is 5.11. The second-order valence-corrected chi connectivity index (χ2v) is 7.61. The van der Waals surface area contributed by atoms with Crippen molar-refractivity contribution in [1.82, 2.24) is 15.5 Å². The van der Waals surface area contributed by atoms with Crippen LogP contribution in [0.4, 0.5) is 4.79 Å². The van der Waals surface area contributed by atoms with Crippen LogP contribution in [-0.4, -0.2) is 46.8 Å². The van der Waals surface area contributed by atoms with Gasteiger partial charge in [0.25, 0.3) is 17.7 Å². The first-order chi connectivity index (χ1) is 15.2. The summed E-state index contributed by atoms with van der Waals surface area (Å²) in [5.41, 5.74) is 1.09. The Balaban J connectivity index is 1.68. The average molecular weight is 437 g/mol. The molecule has 32 heavy (non-hydrogen) atoms. The Morgan fingerprint density at radius 1 is 0.938 bits per heavy atom. The van der Waals surface area contributed by atoms with Crippen LogP contribution in [0.2, 0.25) is 0 Å². The van der Waals surface area contributed by atoms with Gasteiger partial charge in [0, 0.05) is 6.04 Å². The van der Waals surface area contributed by atoms with Crippen molar-refractivity contribution in [3.63, 3.8) is 0 Å². The number of urea groups is 1. The molecule has 5 amide bonds. The van der Waals surface area contributed by atoms with Crippen LogP contribution in [0, 0.1) is 0 Å². The Morgan fingerprint density at radius 3 is 2.25 bits per heavy atom. The second kappa shape index (κ2) is 9.42. The van der Waals surface area contributed by atoms with Gasteiger partial charge < -0.3 is 10.1 Å². The van der Waals surface area contributed by atoms with E-state index >= 15 is 0 Å². The Morgan fingerprint density at radius 2 is 1.59 bits per heavy atom. The van der Waals surface area contributed by atoms with E-state index in [1.54, 1.807) is 26.0 Å². The van der Waals surface area contributed by atoms with Crippen molar-refractivity contribution in [2.75, 3.05) is 0 Å². The van der Waals surface area contributed by atoms with E-state index in [1.807, 2.05) is 18.2 Å². The van der Waals surface area contributed by atoms with Crippen molar-refractivity contribution in [2.24, 2.45) is 0 Å². The molecule has 1 aliphatic rings. The van der Waals surface area contributed by atoms with Crippen molar-refractivity contribution in [3.05, 3.63) is 70.8 Å². The summed E-state index contributed by atoms with van der Waals surface area (Å²) in [5.74, 6) is -2.61. The lowest BCUT2D eigenvalue weighted by Gasteiger charge is -2.14. The lowest BCUT2D eigenvalue weighted by atomic mass is 10.1. The van der Waals surface area contributed by atoms with Crippen molar-refractivity contribution < 1.29 is 28.7 Å². The molecule has 1 atom stereocenters. The van der Waals surface area contributed by atoms with Gasteiger partial charge in [0.15, 0.2) is 6.10 Å². The van der Waals surface area contributed by atoms with Crippen LogP contribution in [0.15, 0.2) is 48.5 Å². The molecule has 0 radical (unpaired) electrons. The fourth-order valence-corrected chi connectivity index (χ4v) is 3.12. The molecule has 0 saturated heterocycles. The van der Waals surface area contributed by atoms with Crippen LogP contribution >= 0.6 is 0 Å². The molecule has 0 spiro atoms. The predicted octanol–water partition coefficient (Wildman–Crippen LogP) is 2.26. The number of carbonyl (C=O) groups is 5. The first-order valence-electron chi connectivity index (χ1n) is 10.0. The van der Waals surface area contributed by atoms with E-state index in [1.165, 1.54) is 25.1 Å². The number of imide groups is 2. The molecule has 166 valence electrons. The van der Waals surface area contributed by atoms with Gasteiger partial charge in [-0.05, 0) is 44.5 Å². The molecule has 2 aromatic rings. The molecule has 0 fully saturated rings. The number of fused-ring (bicyclic) bond motifs is 1. The van der Waals surface area contributed by atoms with E-state index in [0.29, 0.717) is 0 Å². The summed E-state index contributed by atoms with van der Waals surface area (Å²) in [7, 11) is 0. The minimum absolute atomic E-state index is 0.0118. The van der Waals surface area contributed by atoms with E-state index in [4.69, 9.17) is 4.74 Å². The number of nitrogens with zero attached hydrogens (tertiary/aromatic N) is 1. The second-order valence-electron chi connectivity index (χ2n) is 7.61. The molecule has 0 saturated carbocycles. The van der Waals surface area contributed by atoms with Gasteiger partial charge in [-0.15, -0.1) is 0 Å². The van der Waals surface area contributed by atoms with Crippen molar-refractivity contribution >= 4 is 29.7 Å². The molecule has 9 heteroatoms. The minimum Gasteiger partial charge on any atom is -0.449 e. The molecular weight excluding hydrogens is 414 g/mol. The first-order valence-corrected chi connectivity index (χ1v) is 10.0. The van der Waals surface area contributed by atoms with Gasteiger partial charge in [0.2, 0.25) is 0 Å². The highest BCUT2D eigenvalue weighted by atomic mass is 16.5. The number of hydrogen-bond donors (Lipinski definition) is 2. The van der Waals surface area contributed by atoms with Gasteiger partial charge in [-0.3, -0.25) is 24.6 Å². The quantitative estimate of drug-likeness (QED) is 0.528. The number of nitrogens with one attached hydrogen (secondary N) is 2. The summed E-state index contributed by atoms with van der Waals surface area (Å²) in [6, 6.07) is 12.2. The molecule has 0 aliphatic carbocycles. The van der Waals surface area contributed by atoms with Crippen molar-refractivity contribution in [3.8, 4) is 0 Å². The van der Waals surface area contributed by atoms with Gasteiger partial charge in [-0.2, -0.15) is 0 Å².